The maximum atomic E-state index is 13.0. The molecule has 0 bridgehead atoms. The molecule has 0 spiro atoms. The summed E-state index contributed by atoms with van der Waals surface area (Å²) in [5.41, 5.74) is 1.10. The summed E-state index contributed by atoms with van der Waals surface area (Å²) < 4.78 is 38.1. The van der Waals surface area contributed by atoms with Gasteiger partial charge in [0.05, 0.1) is 17.0 Å². The molecule has 1 heterocycles. The molecule has 0 N–H and O–H groups in total. The number of nitriles is 1. The Morgan fingerprint density at radius 1 is 1.09 bits per heavy atom. The average Bonchev–Trinajstić information content (AvgIpc) is 3.56. The average molecular weight is 440 g/mol. The van der Waals surface area contributed by atoms with Crippen molar-refractivity contribution in [2.24, 2.45) is 5.92 Å². The van der Waals surface area contributed by atoms with Crippen LogP contribution in [0.4, 0.5) is 18.9 Å². The first-order valence-corrected chi connectivity index (χ1v) is 10.7. The lowest BCUT2D eigenvalue weighted by molar-refractivity contribution is -0.137. The van der Waals surface area contributed by atoms with E-state index in [9.17, 15) is 28.0 Å². The summed E-state index contributed by atoms with van der Waals surface area (Å²) in [7, 11) is 0. The van der Waals surface area contributed by atoms with Crippen molar-refractivity contribution in [1.82, 2.24) is 0 Å². The lowest BCUT2D eigenvalue weighted by atomic mass is 9.89. The van der Waals surface area contributed by atoms with E-state index in [0.717, 1.165) is 42.6 Å². The number of carbonyl (C=O) groups excluding carboxylic acids is 2. The normalized spacial score (nSPS) is 20.0. The topological polar surface area (TPSA) is 61.2 Å². The number of piperidine rings is 1. The van der Waals surface area contributed by atoms with Gasteiger partial charge in [0.25, 0.3) is 0 Å². The van der Waals surface area contributed by atoms with Crippen molar-refractivity contribution in [1.29, 1.82) is 5.26 Å². The zero-order valence-electron chi connectivity index (χ0n) is 17.5. The van der Waals surface area contributed by atoms with Gasteiger partial charge in [0.15, 0.2) is 0 Å². The van der Waals surface area contributed by atoms with Crippen LogP contribution in [0.3, 0.4) is 0 Å². The fourth-order valence-corrected chi connectivity index (χ4v) is 4.33. The predicted molar refractivity (Wildman–Crippen MR) is 113 cm³/mol. The van der Waals surface area contributed by atoms with Crippen LogP contribution < -0.4 is 4.90 Å². The van der Waals surface area contributed by atoms with Gasteiger partial charge in [-0.2, -0.15) is 18.4 Å². The Bertz CT molecular complexity index is 1050. The monoisotopic (exact) mass is 440 g/mol. The number of amides is 1. The van der Waals surface area contributed by atoms with Gasteiger partial charge in [0, 0.05) is 31.0 Å². The maximum Gasteiger partial charge on any atom is 0.416 e. The first kappa shape index (κ1) is 22.1. The second kappa shape index (κ2) is 8.42. The van der Waals surface area contributed by atoms with Crippen LogP contribution >= 0.6 is 0 Å². The summed E-state index contributed by atoms with van der Waals surface area (Å²) >= 11 is 0. The zero-order chi connectivity index (χ0) is 22.9. The van der Waals surface area contributed by atoms with Crippen LogP contribution in [0.25, 0.3) is 0 Å². The van der Waals surface area contributed by atoms with Crippen LogP contribution in [0.5, 0.6) is 0 Å². The molecular formula is C25H23F3N2O2. The van der Waals surface area contributed by atoms with Crippen LogP contribution in [0.2, 0.25) is 0 Å². The van der Waals surface area contributed by atoms with Crippen LogP contribution in [-0.2, 0) is 27.6 Å². The SMILES string of the molecule is N#CC1(c2ccc(N3CCC[C@H](CC(=O)Cc4ccc(C(F)(F)F)cc4)C3=O)cc2)CC1. The van der Waals surface area contributed by atoms with Gasteiger partial charge < -0.3 is 4.90 Å². The lowest BCUT2D eigenvalue weighted by Gasteiger charge is -2.32. The van der Waals surface area contributed by atoms with Crippen LogP contribution in [0, 0.1) is 17.2 Å². The number of halogens is 3. The van der Waals surface area contributed by atoms with Gasteiger partial charge >= 0.3 is 6.18 Å². The molecule has 166 valence electrons. The van der Waals surface area contributed by atoms with Gasteiger partial charge in [-0.3, -0.25) is 9.59 Å². The lowest BCUT2D eigenvalue weighted by Crippen LogP contribution is -2.42. The Kier molecular flexibility index (Phi) is 5.81. The molecule has 4 nitrogen and oxygen atoms in total. The van der Waals surface area contributed by atoms with Crippen LogP contribution in [-0.4, -0.2) is 18.2 Å². The van der Waals surface area contributed by atoms with Crippen molar-refractivity contribution in [2.75, 3.05) is 11.4 Å². The molecule has 1 atom stereocenters. The Hall–Kier alpha value is -3.14. The van der Waals surface area contributed by atoms with E-state index in [0.29, 0.717) is 18.5 Å². The molecule has 2 fully saturated rings. The summed E-state index contributed by atoms with van der Waals surface area (Å²) in [4.78, 5) is 27.2. The third-order valence-corrected chi connectivity index (χ3v) is 6.40. The number of ketones is 1. The smallest absolute Gasteiger partial charge is 0.312 e. The molecule has 1 saturated carbocycles. The Morgan fingerprint density at radius 2 is 1.75 bits per heavy atom. The number of nitrogens with zero attached hydrogens (tertiary/aromatic N) is 2. The zero-order valence-corrected chi connectivity index (χ0v) is 17.5. The minimum absolute atomic E-state index is 0.00680. The van der Waals surface area contributed by atoms with Gasteiger partial charge in [0.1, 0.15) is 5.78 Å². The van der Waals surface area contributed by atoms with E-state index in [1.54, 1.807) is 4.90 Å². The number of Topliss-reactive ketones (excluding diaryl/α,β-unsaturated/α-hetero) is 1. The molecular weight excluding hydrogens is 417 g/mol. The van der Waals surface area contributed by atoms with E-state index >= 15 is 0 Å². The van der Waals surface area contributed by atoms with Gasteiger partial charge in [-0.25, -0.2) is 0 Å². The highest BCUT2D eigenvalue weighted by molar-refractivity contribution is 5.98. The molecule has 0 aromatic heterocycles. The summed E-state index contributed by atoms with van der Waals surface area (Å²) in [6.07, 6.45) is -1.23. The molecule has 7 heteroatoms. The summed E-state index contributed by atoms with van der Waals surface area (Å²) in [5, 5.41) is 9.35. The predicted octanol–water partition coefficient (Wildman–Crippen LogP) is 5.21. The van der Waals surface area contributed by atoms with E-state index in [1.165, 1.54) is 12.1 Å². The summed E-state index contributed by atoms with van der Waals surface area (Å²) in [5.74, 6) is -0.699. The molecule has 4 rings (SSSR count). The molecule has 1 amide bonds. The first-order valence-electron chi connectivity index (χ1n) is 10.7. The molecule has 0 radical (unpaired) electrons. The quantitative estimate of drug-likeness (QED) is 0.620. The van der Waals surface area contributed by atoms with Crippen molar-refractivity contribution in [3.8, 4) is 6.07 Å². The number of hydrogen-bond acceptors (Lipinski definition) is 3. The number of benzene rings is 2. The van der Waals surface area contributed by atoms with E-state index in [2.05, 4.69) is 6.07 Å². The number of rotatable bonds is 6. The number of anilines is 1. The van der Waals surface area contributed by atoms with Gasteiger partial charge in [-0.05, 0) is 61.1 Å². The molecule has 2 aliphatic rings. The second-order valence-corrected chi connectivity index (χ2v) is 8.68. The highest BCUT2D eigenvalue weighted by atomic mass is 19.4. The van der Waals surface area contributed by atoms with Crippen molar-refractivity contribution in [3.63, 3.8) is 0 Å². The van der Waals surface area contributed by atoms with Crippen LogP contribution in [0.15, 0.2) is 48.5 Å². The van der Waals surface area contributed by atoms with Crippen molar-refractivity contribution >= 4 is 17.4 Å². The molecule has 1 saturated heterocycles. The fourth-order valence-electron chi connectivity index (χ4n) is 4.33. The van der Waals surface area contributed by atoms with Gasteiger partial charge in [-0.15, -0.1) is 0 Å². The van der Waals surface area contributed by atoms with Crippen molar-refractivity contribution < 1.29 is 22.8 Å². The molecule has 1 aliphatic carbocycles. The second-order valence-electron chi connectivity index (χ2n) is 8.68. The van der Waals surface area contributed by atoms with Gasteiger partial charge in [0.2, 0.25) is 5.91 Å². The van der Waals surface area contributed by atoms with Gasteiger partial charge in [-0.1, -0.05) is 24.3 Å². The molecule has 32 heavy (non-hydrogen) atoms. The third-order valence-electron chi connectivity index (χ3n) is 6.40. The maximum absolute atomic E-state index is 13.0. The minimum Gasteiger partial charge on any atom is -0.312 e. The van der Waals surface area contributed by atoms with E-state index < -0.39 is 17.7 Å². The van der Waals surface area contributed by atoms with Crippen molar-refractivity contribution in [3.05, 3.63) is 65.2 Å². The van der Waals surface area contributed by atoms with Crippen LogP contribution in [0.1, 0.15) is 48.8 Å². The minimum atomic E-state index is -4.41. The highest BCUT2D eigenvalue weighted by Gasteiger charge is 2.44. The standard InChI is InChI=1S/C25H23F3N2O2/c26-25(27,28)20-5-3-17(4-6-20)14-22(31)15-18-2-1-13-30(23(18)32)21-9-7-19(8-10-21)24(16-29)11-12-24/h3-10,18H,1-2,11-15H2/t18-/m1/s1. The van der Waals surface area contributed by atoms with E-state index in [-0.39, 0.29) is 29.9 Å². The Labute approximate surface area is 184 Å². The van der Waals surface area contributed by atoms with E-state index in [4.69, 9.17) is 0 Å². The molecule has 1 aliphatic heterocycles. The third kappa shape index (κ3) is 4.55. The summed E-state index contributed by atoms with van der Waals surface area (Å²) in [6.45, 7) is 0.575. The summed E-state index contributed by atoms with van der Waals surface area (Å²) in [6, 6.07) is 14.4. The Morgan fingerprint density at radius 3 is 2.31 bits per heavy atom. The number of carbonyl (C=O) groups is 2. The highest BCUT2D eigenvalue weighted by Crippen LogP contribution is 2.47. The first-order chi connectivity index (χ1) is 15.2. The number of alkyl halides is 3. The Balaban J connectivity index is 1.38. The van der Waals surface area contributed by atoms with E-state index in [1.807, 2.05) is 24.3 Å². The van der Waals surface area contributed by atoms with Crippen molar-refractivity contribution in [2.45, 2.75) is 50.1 Å². The number of hydrogen-bond donors (Lipinski definition) is 0. The molecule has 2 aromatic carbocycles. The largest absolute Gasteiger partial charge is 0.416 e. The molecule has 0 unspecified atom stereocenters. The fraction of sp³-hybridized carbons (Fsp3) is 0.400. The molecule has 2 aromatic rings.